The molecule has 2 saturated heterocycles. The van der Waals surface area contributed by atoms with Crippen LogP contribution in [-0.2, 0) is 20.8 Å². The summed E-state index contributed by atoms with van der Waals surface area (Å²) in [5.41, 5.74) is -2.13. The van der Waals surface area contributed by atoms with Crippen LogP contribution < -0.4 is 4.74 Å². The molecule has 0 saturated carbocycles. The van der Waals surface area contributed by atoms with E-state index < -0.39 is 73.9 Å². The third-order valence-corrected chi connectivity index (χ3v) is 5.99. The van der Waals surface area contributed by atoms with Gasteiger partial charge in [-0.05, 0) is 24.6 Å². The van der Waals surface area contributed by atoms with Crippen LogP contribution in [0.5, 0.6) is 5.75 Å². The van der Waals surface area contributed by atoms with Crippen molar-refractivity contribution in [3.8, 4) is 5.75 Å². The second-order valence-corrected chi connectivity index (χ2v) is 8.19. The fraction of sp³-hybridized carbons (Fsp3) is 0.714. The van der Waals surface area contributed by atoms with Crippen LogP contribution in [0.25, 0.3) is 0 Å². The molecule has 0 aromatic heterocycles. The Bertz CT molecular complexity index is 747. The average molecular weight is 476 g/mol. The lowest BCUT2D eigenvalue weighted by Gasteiger charge is -2.52. The molecule has 0 aliphatic carbocycles. The summed E-state index contributed by atoms with van der Waals surface area (Å²) >= 11 is 0. The Hall–Kier alpha value is -1.42. The largest absolute Gasteiger partial charge is 0.494 e. The van der Waals surface area contributed by atoms with E-state index in [9.17, 15) is 40.9 Å². The monoisotopic (exact) mass is 476 g/mol. The molecule has 2 fully saturated rings. The van der Waals surface area contributed by atoms with Crippen LogP contribution in [0, 0.1) is 0 Å². The highest BCUT2D eigenvalue weighted by molar-refractivity contribution is 5.26. The van der Waals surface area contributed by atoms with Crippen LogP contribution in [0.1, 0.15) is 12.5 Å². The van der Waals surface area contributed by atoms with Gasteiger partial charge < -0.3 is 59.8 Å². The van der Waals surface area contributed by atoms with Crippen LogP contribution >= 0.6 is 0 Å². The molecule has 2 heterocycles. The molecule has 1 aromatic rings. The Kier molecular flexibility index (Phi) is 8.64. The van der Waals surface area contributed by atoms with Gasteiger partial charge in [0.05, 0.1) is 26.4 Å². The van der Waals surface area contributed by atoms with Gasteiger partial charge in [-0.15, -0.1) is 0 Å². The van der Waals surface area contributed by atoms with E-state index in [1.54, 1.807) is 24.3 Å². The first kappa shape index (κ1) is 26.2. The third-order valence-electron chi connectivity index (χ3n) is 5.99. The first-order valence-electron chi connectivity index (χ1n) is 10.7. The second-order valence-electron chi connectivity index (χ2n) is 8.19. The van der Waals surface area contributed by atoms with Gasteiger partial charge in [0.2, 0.25) is 0 Å². The molecular weight excluding hydrogens is 444 g/mol. The zero-order valence-electron chi connectivity index (χ0n) is 18.0. The zero-order valence-corrected chi connectivity index (χ0v) is 18.0. The molecule has 1 aromatic carbocycles. The zero-order chi connectivity index (χ0) is 24.3. The van der Waals surface area contributed by atoms with Crippen LogP contribution in [-0.4, -0.2) is 121 Å². The van der Waals surface area contributed by atoms with Gasteiger partial charge in [0.1, 0.15) is 54.6 Å². The smallest absolute Gasteiger partial charge is 0.192 e. The second kappa shape index (κ2) is 10.9. The molecule has 3 rings (SSSR count). The average Bonchev–Trinajstić information content (AvgIpc) is 2.81. The third kappa shape index (κ3) is 5.16. The highest BCUT2D eigenvalue weighted by Crippen LogP contribution is 2.37. The molecule has 2 aliphatic heterocycles. The van der Waals surface area contributed by atoms with Crippen LogP contribution in [0.2, 0.25) is 0 Å². The predicted octanol–water partition coefficient (Wildman–Crippen LogP) is -3.39. The van der Waals surface area contributed by atoms with E-state index in [1.807, 2.05) is 6.92 Å². The summed E-state index contributed by atoms with van der Waals surface area (Å²) in [7, 11) is 0. The highest BCUT2D eigenvalue weighted by Gasteiger charge is 2.62. The number of rotatable bonds is 8. The summed E-state index contributed by atoms with van der Waals surface area (Å²) in [6.07, 6.45) is -15.8. The van der Waals surface area contributed by atoms with Crippen molar-refractivity contribution >= 4 is 0 Å². The van der Waals surface area contributed by atoms with Gasteiger partial charge in [0.15, 0.2) is 11.9 Å². The molecule has 0 spiro atoms. The summed E-state index contributed by atoms with van der Waals surface area (Å²) in [5, 5.41) is 82.5. The summed E-state index contributed by atoms with van der Waals surface area (Å²) in [6, 6.07) is 6.76. The van der Waals surface area contributed by atoms with Crippen LogP contribution in [0.3, 0.4) is 0 Å². The maximum absolute atomic E-state index is 11.3. The fourth-order valence-electron chi connectivity index (χ4n) is 3.99. The summed E-state index contributed by atoms with van der Waals surface area (Å²) < 4.78 is 21.6. The fourth-order valence-corrected chi connectivity index (χ4v) is 3.99. The Labute approximate surface area is 190 Å². The molecule has 8 N–H and O–H groups in total. The molecule has 188 valence electrons. The van der Waals surface area contributed by atoms with Crippen molar-refractivity contribution in [2.45, 2.75) is 74.3 Å². The lowest BCUT2D eigenvalue weighted by Crippen LogP contribution is -2.75. The van der Waals surface area contributed by atoms with Crippen molar-refractivity contribution < 1.29 is 59.8 Å². The van der Waals surface area contributed by atoms with E-state index in [0.29, 0.717) is 17.9 Å². The molecule has 12 heteroatoms. The van der Waals surface area contributed by atoms with Gasteiger partial charge in [-0.1, -0.05) is 12.1 Å². The first-order valence-corrected chi connectivity index (χ1v) is 10.7. The Morgan fingerprint density at radius 3 is 2.33 bits per heavy atom. The number of aliphatic hydroxyl groups is 8. The van der Waals surface area contributed by atoms with Crippen molar-refractivity contribution in [1.29, 1.82) is 0 Å². The van der Waals surface area contributed by atoms with Crippen molar-refractivity contribution in [1.82, 2.24) is 0 Å². The van der Waals surface area contributed by atoms with Gasteiger partial charge >= 0.3 is 0 Å². The lowest BCUT2D eigenvalue weighted by molar-refractivity contribution is -0.375. The van der Waals surface area contributed by atoms with Crippen molar-refractivity contribution in [2.75, 3.05) is 19.8 Å². The molecule has 2 aliphatic rings. The van der Waals surface area contributed by atoms with Crippen LogP contribution in [0.15, 0.2) is 24.3 Å². The SMILES string of the molecule is CCOc1ccc(CO[C@H]2O[C@H](CO)[C@@H](O)[C@H](O)[C@]2(O)C(O)[C@H]2OC[C@H](O)[C@@H](O)[C@@H]2O)cc1. The minimum Gasteiger partial charge on any atom is -0.494 e. The summed E-state index contributed by atoms with van der Waals surface area (Å²) in [6.45, 7) is 0.976. The summed E-state index contributed by atoms with van der Waals surface area (Å²) in [4.78, 5) is 0. The number of aliphatic hydroxyl groups excluding tert-OH is 7. The Morgan fingerprint density at radius 1 is 1.06 bits per heavy atom. The van der Waals surface area contributed by atoms with E-state index in [1.165, 1.54) is 0 Å². The molecule has 0 bridgehead atoms. The number of hydrogen-bond acceptors (Lipinski definition) is 12. The predicted molar refractivity (Wildman–Crippen MR) is 109 cm³/mol. The number of ether oxygens (including phenoxy) is 4. The molecular formula is C21H32O12. The van der Waals surface area contributed by atoms with Crippen molar-refractivity contribution in [3.05, 3.63) is 29.8 Å². The Morgan fingerprint density at radius 2 is 1.73 bits per heavy atom. The summed E-state index contributed by atoms with van der Waals surface area (Å²) in [5.74, 6) is 0.630. The molecule has 0 amide bonds. The number of hydrogen-bond donors (Lipinski definition) is 8. The molecule has 10 atom stereocenters. The quantitative estimate of drug-likeness (QED) is 0.185. The van der Waals surface area contributed by atoms with E-state index in [2.05, 4.69) is 0 Å². The van der Waals surface area contributed by atoms with E-state index >= 15 is 0 Å². The normalized spacial score (nSPS) is 40.4. The number of benzene rings is 1. The minimum absolute atomic E-state index is 0.164. The van der Waals surface area contributed by atoms with Gasteiger partial charge in [-0.2, -0.15) is 0 Å². The molecule has 0 radical (unpaired) electrons. The van der Waals surface area contributed by atoms with Gasteiger partial charge in [0.25, 0.3) is 0 Å². The maximum Gasteiger partial charge on any atom is 0.192 e. The molecule has 33 heavy (non-hydrogen) atoms. The minimum atomic E-state index is -2.75. The van der Waals surface area contributed by atoms with Crippen molar-refractivity contribution in [3.63, 3.8) is 0 Å². The topological polar surface area (TPSA) is 199 Å². The standard InChI is InChI=1S/C21H32O12/c1-2-30-11-5-3-10(4-6-11)8-32-20-21(29,18(27)15(25)13(7-22)33-20)19(28)17-16(26)14(24)12(23)9-31-17/h3-6,12-20,22-29H,2,7-9H2,1H3/t12-,13+,14+,15+,16-,17-,18-,19?,20-,21-/m0/s1. The molecule has 12 nitrogen and oxygen atoms in total. The van der Waals surface area contributed by atoms with Crippen molar-refractivity contribution in [2.24, 2.45) is 0 Å². The van der Waals surface area contributed by atoms with Gasteiger partial charge in [-0.3, -0.25) is 0 Å². The maximum atomic E-state index is 11.3. The van der Waals surface area contributed by atoms with E-state index in [4.69, 9.17) is 18.9 Å². The highest BCUT2D eigenvalue weighted by atomic mass is 16.7. The van der Waals surface area contributed by atoms with Gasteiger partial charge in [0, 0.05) is 0 Å². The van der Waals surface area contributed by atoms with Crippen LogP contribution in [0.4, 0.5) is 0 Å². The van der Waals surface area contributed by atoms with E-state index in [0.717, 1.165) is 0 Å². The van der Waals surface area contributed by atoms with E-state index in [-0.39, 0.29) is 6.61 Å². The molecule has 1 unspecified atom stereocenters. The van der Waals surface area contributed by atoms with Gasteiger partial charge in [-0.25, -0.2) is 0 Å². The lowest BCUT2D eigenvalue weighted by atomic mass is 9.77. The Balaban J connectivity index is 1.83. The first-order chi connectivity index (χ1) is 15.6.